The Morgan fingerprint density at radius 2 is 0.867 bits per heavy atom. The Morgan fingerprint density at radius 1 is 0.456 bits per heavy atom. The van der Waals surface area contributed by atoms with Crippen molar-refractivity contribution in [2.75, 3.05) is 45.6 Å². The summed E-state index contributed by atoms with van der Waals surface area (Å²) in [5.41, 5.74) is 36.3. The molecule has 0 bridgehead atoms. The van der Waals surface area contributed by atoms with Gasteiger partial charge in [0.05, 0.1) is 98.8 Å². The first-order valence-electron chi connectivity index (χ1n) is 26.6. The van der Waals surface area contributed by atoms with E-state index in [9.17, 15) is 57.8 Å². The second kappa shape index (κ2) is 34.4. The number of nitrogens with zero attached hydrogens (tertiary/aromatic N) is 1. The van der Waals surface area contributed by atoms with Crippen LogP contribution in [-0.2, 0) is 78.8 Å². The molecule has 0 aromatic heterocycles. The van der Waals surface area contributed by atoms with Crippen LogP contribution in [0.4, 0.5) is 17.1 Å². The quantitative estimate of drug-likeness (QED) is 0.0276. The van der Waals surface area contributed by atoms with Gasteiger partial charge in [0.2, 0.25) is 5.91 Å². The molecule has 7 aromatic rings. The summed E-state index contributed by atoms with van der Waals surface area (Å²) in [7, 11) is 5.25. The molecule has 2 aliphatic rings. The molecule has 26 nitrogen and oxygen atoms in total. The molecule has 0 aliphatic carbocycles. The maximum Gasteiger partial charge on any atom is 0.337 e. The van der Waals surface area contributed by atoms with Gasteiger partial charge >= 0.3 is 47.8 Å². The van der Waals surface area contributed by atoms with Gasteiger partial charge in [0.15, 0.2) is 0 Å². The average molecular weight is 1240 g/mol. The molecule has 9 rings (SSSR count). The van der Waals surface area contributed by atoms with E-state index >= 15 is 0 Å². The summed E-state index contributed by atoms with van der Waals surface area (Å²) in [5, 5.41) is 37.6. The van der Waals surface area contributed by atoms with Crippen LogP contribution in [0.15, 0.2) is 146 Å². The maximum atomic E-state index is 12.5. The molecule has 0 fully saturated rings. The average Bonchev–Trinajstić information content (AvgIpc) is 1.79. The Morgan fingerprint density at radius 3 is 1.33 bits per heavy atom. The van der Waals surface area contributed by atoms with Crippen LogP contribution in [0.5, 0.6) is 0 Å². The predicted molar refractivity (Wildman–Crippen MR) is 326 cm³/mol. The number of imide groups is 1. The molecule has 470 valence electrons. The van der Waals surface area contributed by atoms with Crippen molar-refractivity contribution in [2.24, 2.45) is 11.5 Å². The summed E-state index contributed by atoms with van der Waals surface area (Å²) in [6, 6.07) is 37.5. The van der Waals surface area contributed by atoms with Crippen LogP contribution in [0, 0.1) is 0 Å². The number of carboxylic acid groups (broad SMARTS) is 4. The van der Waals surface area contributed by atoms with Crippen molar-refractivity contribution in [3.63, 3.8) is 0 Å². The summed E-state index contributed by atoms with van der Waals surface area (Å²) in [4.78, 5) is 125. The molecule has 0 atom stereocenters. The van der Waals surface area contributed by atoms with Crippen molar-refractivity contribution < 1.29 is 92.1 Å². The lowest BCUT2D eigenvalue weighted by Crippen LogP contribution is -2.30. The second-order valence-corrected chi connectivity index (χ2v) is 18.9. The Bertz CT molecular complexity index is 3760. The van der Waals surface area contributed by atoms with Crippen molar-refractivity contribution in [2.45, 2.75) is 45.4 Å². The van der Waals surface area contributed by atoms with Gasteiger partial charge in [-0.3, -0.25) is 28.9 Å². The number of anilines is 3. The van der Waals surface area contributed by atoms with Gasteiger partial charge in [-0.2, -0.15) is 0 Å². The number of nitrogens with two attached hydrogens (primary N) is 5. The molecule has 0 saturated heterocycles. The first kappa shape index (κ1) is 70.7. The first-order chi connectivity index (χ1) is 42.8. The number of hydrogen-bond acceptors (Lipinski definition) is 20. The minimum absolute atomic E-state index is 0.00484. The van der Waals surface area contributed by atoms with Crippen molar-refractivity contribution in [3.05, 3.63) is 229 Å². The number of carboxylic acids is 4. The van der Waals surface area contributed by atoms with Crippen molar-refractivity contribution in [3.8, 4) is 0 Å². The molecule has 0 saturated carbocycles. The van der Waals surface area contributed by atoms with E-state index in [1.54, 1.807) is 91.0 Å². The summed E-state index contributed by atoms with van der Waals surface area (Å²) >= 11 is 0. The molecule has 26 heteroatoms. The number of benzene rings is 7. The van der Waals surface area contributed by atoms with E-state index in [2.05, 4.69) is 24.3 Å². The van der Waals surface area contributed by atoms with E-state index in [0.717, 1.165) is 27.2 Å². The molecule has 15 N–H and O–H groups in total. The first-order valence-corrected chi connectivity index (χ1v) is 26.6. The number of nitrogen functional groups attached to an aromatic ring is 3. The van der Waals surface area contributed by atoms with Gasteiger partial charge in [0.1, 0.15) is 0 Å². The van der Waals surface area contributed by atoms with Gasteiger partial charge in [-0.15, -0.1) is 0 Å². The van der Waals surface area contributed by atoms with Crippen LogP contribution >= 0.6 is 0 Å². The van der Waals surface area contributed by atoms with E-state index in [1.807, 2.05) is 0 Å². The molecule has 7 aromatic carbocycles. The highest BCUT2D eigenvalue weighted by molar-refractivity contribution is 6.21. The van der Waals surface area contributed by atoms with Crippen LogP contribution in [0.1, 0.15) is 122 Å². The number of esters is 4. The van der Waals surface area contributed by atoms with Gasteiger partial charge in [-0.05, 0) is 148 Å². The van der Waals surface area contributed by atoms with Crippen LogP contribution in [0.2, 0.25) is 0 Å². The minimum atomic E-state index is -1.14. The highest BCUT2D eigenvalue weighted by Crippen LogP contribution is 2.26. The molecule has 90 heavy (non-hydrogen) atoms. The fourth-order valence-electron chi connectivity index (χ4n) is 8.07. The molecule has 0 unspecified atom stereocenters. The molecular weight excluding hydrogens is 1170 g/mol. The number of nitrogens with one attached hydrogen (secondary N) is 1. The maximum absolute atomic E-state index is 12.5. The fourth-order valence-corrected chi connectivity index (χ4v) is 8.07. The van der Waals surface area contributed by atoms with E-state index in [-0.39, 0.29) is 72.0 Å². The summed E-state index contributed by atoms with van der Waals surface area (Å²) in [6.45, 7) is 0.933. The van der Waals surface area contributed by atoms with E-state index in [0.29, 0.717) is 75.5 Å². The van der Waals surface area contributed by atoms with Gasteiger partial charge < -0.3 is 73.4 Å². The monoisotopic (exact) mass is 1240 g/mol. The minimum Gasteiger partial charge on any atom is -0.478 e. The number of carbonyl (C=O) groups is 11. The Balaban J connectivity index is 0.000000239. The summed E-state index contributed by atoms with van der Waals surface area (Å²) in [6.07, 6.45) is 0.460. The zero-order valence-electron chi connectivity index (χ0n) is 49.1. The number of methoxy groups -OCH3 is 4. The number of fused-ring (bicyclic) bond motifs is 2. The smallest absolute Gasteiger partial charge is 0.337 e. The lowest BCUT2D eigenvalue weighted by molar-refractivity contribution is -0.140. The van der Waals surface area contributed by atoms with E-state index < -0.39 is 41.7 Å². The summed E-state index contributed by atoms with van der Waals surface area (Å²) < 4.78 is 18.3. The summed E-state index contributed by atoms with van der Waals surface area (Å²) in [5.74, 6) is -6.47. The molecule has 0 radical (unpaired) electrons. The highest BCUT2D eigenvalue weighted by Gasteiger charge is 2.35. The van der Waals surface area contributed by atoms with Crippen molar-refractivity contribution >= 4 is 82.5 Å². The highest BCUT2D eigenvalue weighted by atomic mass is 16.5. The number of amides is 3. The third-order valence-electron chi connectivity index (χ3n) is 13.0. The molecule has 2 aliphatic heterocycles. The standard InChI is InChI=1S/C19H15NO6.C11H11NO3.C10H10O4.C9H12N2O2.C8H10N2O2.C7H7NO2/c1-26-16(21)9-11-6-7-12(19(24)25)8-13(11)10-20-17(22)14-4-2-3-5-15(14)18(20)23;1-15-11(14)8-3-2-7-5-10(13)12-6-9(7)4-8;1-14-9(11)6-7-2-4-8(5-3-7)10(12)13;1-13-9(12)6-2-3-8(11)7(4-6)5-10;9-4-6-3-5(8(11)12)1-2-7(6)10;8-6-3-1-5(2-4-6)7(9)10/h2-8H,9-10H2,1H3,(H,24,25);2-4H,5-6H2,1H3,(H,12,13);2-5H,6H2,1H3,(H,12,13);2-4H,5,10-11H2,1H3;1-3H,4,9-10H2,(H,11,12);1-4H,8H2,(H,9,10). The van der Waals surface area contributed by atoms with Crippen LogP contribution < -0.4 is 34.0 Å². The van der Waals surface area contributed by atoms with Gasteiger partial charge in [-0.1, -0.05) is 36.4 Å². The molecular formula is C64H65N7O19. The molecule has 0 spiro atoms. The Labute approximate surface area is 514 Å². The third-order valence-corrected chi connectivity index (χ3v) is 13.0. The number of ether oxygens (including phenoxy) is 4. The van der Waals surface area contributed by atoms with Crippen LogP contribution in [0.25, 0.3) is 0 Å². The Kier molecular flexibility index (Phi) is 27.0. The lowest BCUT2D eigenvalue weighted by atomic mass is 9.98. The normalized spacial score (nSPS) is 11.3. The number of aromatic carboxylic acids is 4. The van der Waals surface area contributed by atoms with E-state index in [1.165, 1.54) is 83.0 Å². The number of hydrogen-bond donors (Lipinski definition) is 10. The molecule has 3 amide bonds. The largest absolute Gasteiger partial charge is 0.478 e. The Hall–Kier alpha value is -11.8. The SMILES string of the molecule is COC(=O)Cc1ccc(C(=O)O)cc1.COC(=O)Cc1ccc(C(=O)O)cc1CN1C(=O)c2ccccc2C1=O.COC(=O)c1ccc(N)c(CN)c1.COC(=O)c1ccc2c(c1)CNC(=O)C2.NCc1cc(C(=O)O)ccc1N.Nc1ccc(C(=O)O)cc1. The number of carbonyl (C=O) groups excluding carboxylic acids is 7. The fraction of sp³-hybridized carbons (Fsp3) is 0.172. The zero-order chi connectivity index (χ0) is 66.8. The van der Waals surface area contributed by atoms with Gasteiger partial charge in [0.25, 0.3) is 11.8 Å². The van der Waals surface area contributed by atoms with E-state index in [4.69, 9.17) is 44.0 Å². The van der Waals surface area contributed by atoms with Gasteiger partial charge in [0, 0.05) is 36.7 Å². The topological polar surface area (TPSA) is 451 Å². The van der Waals surface area contributed by atoms with Crippen LogP contribution in [-0.4, -0.2) is 119 Å². The van der Waals surface area contributed by atoms with Crippen LogP contribution in [0.3, 0.4) is 0 Å². The zero-order valence-corrected chi connectivity index (χ0v) is 49.1. The van der Waals surface area contributed by atoms with Gasteiger partial charge in [-0.25, -0.2) is 28.8 Å². The second-order valence-electron chi connectivity index (χ2n) is 18.9. The van der Waals surface area contributed by atoms with Crippen molar-refractivity contribution in [1.29, 1.82) is 0 Å². The molecule has 2 heterocycles. The predicted octanol–water partition coefficient (Wildman–Crippen LogP) is 5.55. The third kappa shape index (κ3) is 20.7. The lowest BCUT2D eigenvalue weighted by Gasteiger charge is -2.17. The number of rotatable bonds is 14. The van der Waals surface area contributed by atoms with Crippen molar-refractivity contribution in [1.82, 2.24) is 10.2 Å².